The van der Waals surface area contributed by atoms with Gasteiger partial charge in [0.25, 0.3) is 0 Å². The number of amides is 1. The minimum Gasteiger partial charge on any atom is -0.395 e. The predicted molar refractivity (Wildman–Crippen MR) is 78.9 cm³/mol. The maximum atomic E-state index is 11.9. The highest BCUT2D eigenvalue weighted by atomic mass is 16.3. The summed E-state index contributed by atoms with van der Waals surface area (Å²) in [5.41, 5.74) is 1.28. The lowest BCUT2D eigenvalue weighted by Crippen LogP contribution is -2.39. The average molecular weight is 278 g/mol. The molecule has 1 aromatic rings. The summed E-state index contributed by atoms with van der Waals surface area (Å²) in [5.74, 6) is -0.139. The highest BCUT2D eigenvalue weighted by Gasteiger charge is 2.13. The lowest BCUT2D eigenvalue weighted by Gasteiger charge is -2.24. The van der Waals surface area contributed by atoms with E-state index in [0.29, 0.717) is 17.8 Å². The molecule has 20 heavy (non-hydrogen) atoms. The van der Waals surface area contributed by atoms with Crippen molar-refractivity contribution in [3.8, 4) is 0 Å². The quantitative estimate of drug-likeness (QED) is 0.742. The van der Waals surface area contributed by atoms with Gasteiger partial charge in [-0.15, -0.1) is 0 Å². The number of hydrogen-bond donors (Lipinski definition) is 2. The number of hydrogen-bond acceptors (Lipinski definition) is 4. The van der Waals surface area contributed by atoms with Crippen LogP contribution in [0.4, 0.5) is 5.69 Å². The molecule has 0 spiro atoms. The minimum absolute atomic E-state index is 0.00296. The maximum Gasteiger partial charge on any atom is 0.238 e. The number of rotatable bonds is 7. The van der Waals surface area contributed by atoms with Crippen LogP contribution in [0, 0.1) is 0 Å². The van der Waals surface area contributed by atoms with E-state index in [1.165, 1.54) is 6.92 Å². The van der Waals surface area contributed by atoms with E-state index in [2.05, 4.69) is 5.32 Å². The Bertz CT molecular complexity index is 455. The van der Waals surface area contributed by atoms with E-state index in [1.807, 2.05) is 18.7 Å². The van der Waals surface area contributed by atoms with Crippen LogP contribution < -0.4 is 5.32 Å². The molecule has 5 heteroatoms. The number of nitrogens with one attached hydrogen (secondary N) is 1. The molecule has 0 atom stereocenters. The highest BCUT2D eigenvalue weighted by molar-refractivity contribution is 5.96. The molecule has 0 aliphatic carbocycles. The van der Waals surface area contributed by atoms with E-state index < -0.39 is 0 Å². The Labute approximate surface area is 119 Å². The third kappa shape index (κ3) is 5.11. The molecule has 0 saturated heterocycles. The summed E-state index contributed by atoms with van der Waals surface area (Å²) in [7, 11) is 0. The van der Waals surface area contributed by atoms with Gasteiger partial charge in [0.05, 0.1) is 13.2 Å². The van der Waals surface area contributed by atoms with E-state index in [1.54, 1.807) is 24.3 Å². The Morgan fingerprint density at radius 3 is 2.30 bits per heavy atom. The fourth-order valence-electron chi connectivity index (χ4n) is 1.82. The molecule has 1 rings (SSSR count). The van der Waals surface area contributed by atoms with E-state index in [0.717, 1.165) is 0 Å². The number of carbonyl (C=O) groups is 2. The highest BCUT2D eigenvalue weighted by Crippen LogP contribution is 2.10. The molecular weight excluding hydrogens is 256 g/mol. The molecule has 0 bridgehead atoms. The van der Waals surface area contributed by atoms with Gasteiger partial charge < -0.3 is 10.4 Å². The monoisotopic (exact) mass is 278 g/mol. The second-order valence-electron chi connectivity index (χ2n) is 4.97. The van der Waals surface area contributed by atoms with Crippen LogP contribution in [0.1, 0.15) is 31.1 Å². The molecule has 2 N–H and O–H groups in total. The van der Waals surface area contributed by atoms with Crippen molar-refractivity contribution in [2.24, 2.45) is 0 Å². The summed E-state index contributed by atoms with van der Waals surface area (Å²) >= 11 is 0. The first-order chi connectivity index (χ1) is 9.43. The standard InChI is InChI=1S/C15H22N2O3/c1-11(2)17(8-9-18)10-15(20)16-14-6-4-13(5-7-14)12(3)19/h4-7,11,18H,8-10H2,1-3H3,(H,16,20). The Kier molecular flexibility index (Phi) is 6.35. The van der Waals surface area contributed by atoms with Crippen LogP contribution in [0.3, 0.4) is 0 Å². The number of benzene rings is 1. The zero-order valence-corrected chi connectivity index (χ0v) is 12.2. The van der Waals surface area contributed by atoms with Crippen LogP contribution in [0.15, 0.2) is 24.3 Å². The van der Waals surface area contributed by atoms with Crippen molar-refractivity contribution < 1.29 is 14.7 Å². The molecule has 0 aliphatic heterocycles. The molecule has 0 heterocycles. The van der Waals surface area contributed by atoms with Crippen LogP contribution in [-0.4, -0.2) is 47.4 Å². The predicted octanol–water partition coefficient (Wildman–Crippen LogP) is 1.53. The van der Waals surface area contributed by atoms with Gasteiger partial charge in [0.15, 0.2) is 5.78 Å². The number of anilines is 1. The molecule has 0 aliphatic rings. The molecule has 5 nitrogen and oxygen atoms in total. The Hall–Kier alpha value is -1.72. The average Bonchev–Trinajstić information content (AvgIpc) is 2.38. The van der Waals surface area contributed by atoms with E-state index in [-0.39, 0.29) is 30.9 Å². The van der Waals surface area contributed by atoms with E-state index >= 15 is 0 Å². The van der Waals surface area contributed by atoms with Gasteiger partial charge in [-0.1, -0.05) is 0 Å². The summed E-state index contributed by atoms with van der Waals surface area (Å²) in [6.45, 7) is 6.18. The second-order valence-corrected chi connectivity index (χ2v) is 4.97. The summed E-state index contributed by atoms with van der Waals surface area (Å²) < 4.78 is 0. The maximum absolute atomic E-state index is 11.9. The first-order valence-corrected chi connectivity index (χ1v) is 6.69. The van der Waals surface area contributed by atoms with Gasteiger partial charge in [-0.2, -0.15) is 0 Å². The van der Waals surface area contributed by atoms with Crippen LogP contribution in [0.2, 0.25) is 0 Å². The van der Waals surface area contributed by atoms with Crippen molar-refractivity contribution in [2.45, 2.75) is 26.8 Å². The normalized spacial score (nSPS) is 10.9. The van der Waals surface area contributed by atoms with Crippen molar-refractivity contribution in [3.63, 3.8) is 0 Å². The van der Waals surface area contributed by atoms with Crippen molar-refractivity contribution in [1.82, 2.24) is 4.90 Å². The SMILES string of the molecule is CC(=O)c1ccc(NC(=O)CN(CCO)C(C)C)cc1. The van der Waals surface area contributed by atoms with Crippen LogP contribution in [-0.2, 0) is 4.79 Å². The topological polar surface area (TPSA) is 69.6 Å². The van der Waals surface area contributed by atoms with Crippen LogP contribution >= 0.6 is 0 Å². The molecule has 0 unspecified atom stereocenters. The number of aliphatic hydroxyl groups is 1. The molecule has 110 valence electrons. The van der Waals surface area contributed by atoms with Gasteiger partial charge >= 0.3 is 0 Å². The fraction of sp³-hybridized carbons (Fsp3) is 0.467. The minimum atomic E-state index is -0.136. The van der Waals surface area contributed by atoms with Gasteiger partial charge in [0.2, 0.25) is 5.91 Å². The molecule has 0 aromatic heterocycles. The zero-order valence-electron chi connectivity index (χ0n) is 12.2. The van der Waals surface area contributed by atoms with Gasteiger partial charge in [0.1, 0.15) is 0 Å². The van der Waals surface area contributed by atoms with Gasteiger partial charge in [-0.05, 0) is 45.0 Å². The summed E-state index contributed by atoms with van der Waals surface area (Å²) in [4.78, 5) is 25.0. The summed E-state index contributed by atoms with van der Waals surface area (Å²) in [6.07, 6.45) is 0. The number of nitrogens with zero attached hydrogens (tertiary/aromatic N) is 1. The molecule has 0 radical (unpaired) electrons. The lowest BCUT2D eigenvalue weighted by atomic mass is 10.1. The molecule has 1 aromatic carbocycles. The smallest absolute Gasteiger partial charge is 0.238 e. The number of ketones is 1. The third-order valence-corrected chi connectivity index (χ3v) is 3.04. The van der Waals surface area contributed by atoms with E-state index in [9.17, 15) is 9.59 Å². The van der Waals surface area contributed by atoms with Crippen molar-refractivity contribution >= 4 is 17.4 Å². The van der Waals surface area contributed by atoms with Gasteiger partial charge in [-0.3, -0.25) is 14.5 Å². The summed E-state index contributed by atoms with van der Waals surface area (Å²) in [6, 6.07) is 6.98. The van der Waals surface area contributed by atoms with Crippen LogP contribution in [0.25, 0.3) is 0 Å². The van der Waals surface area contributed by atoms with Crippen molar-refractivity contribution in [3.05, 3.63) is 29.8 Å². The Morgan fingerprint density at radius 1 is 1.25 bits per heavy atom. The van der Waals surface area contributed by atoms with Gasteiger partial charge in [0, 0.05) is 23.8 Å². The van der Waals surface area contributed by atoms with Crippen LogP contribution in [0.5, 0.6) is 0 Å². The molecule has 1 amide bonds. The zero-order chi connectivity index (χ0) is 15.1. The summed E-state index contributed by atoms with van der Waals surface area (Å²) in [5, 5.41) is 11.7. The van der Waals surface area contributed by atoms with Crippen molar-refractivity contribution in [1.29, 1.82) is 0 Å². The van der Waals surface area contributed by atoms with Gasteiger partial charge in [-0.25, -0.2) is 0 Å². The first kappa shape index (κ1) is 16.3. The van der Waals surface area contributed by atoms with E-state index in [4.69, 9.17) is 5.11 Å². The first-order valence-electron chi connectivity index (χ1n) is 6.69. The second kappa shape index (κ2) is 7.77. The third-order valence-electron chi connectivity index (χ3n) is 3.04. The largest absolute Gasteiger partial charge is 0.395 e. The van der Waals surface area contributed by atoms with Crippen molar-refractivity contribution in [2.75, 3.05) is 25.0 Å². The lowest BCUT2D eigenvalue weighted by molar-refractivity contribution is -0.117. The number of carbonyl (C=O) groups excluding carboxylic acids is 2. The Morgan fingerprint density at radius 2 is 1.85 bits per heavy atom. The molecule has 0 saturated carbocycles. The molecular formula is C15H22N2O3. The number of aliphatic hydroxyl groups excluding tert-OH is 1. The fourth-order valence-corrected chi connectivity index (χ4v) is 1.82. The molecule has 0 fully saturated rings. The Balaban J connectivity index is 2.59. The number of Topliss-reactive ketones (excluding diaryl/α,β-unsaturated/α-hetero) is 1.